The van der Waals surface area contributed by atoms with Gasteiger partial charge in [-0.05, 0) is 45.4 Å². The van der Waals surface area contributed by atoms with Crippen LogP contribution in [0.5, 0.6) is 0 Å². The third-order valence-corrected chi connectivity index (χ3v) is 3.05. The summed E-state index contributed by atoms with van der Waals surface area (Å²) in [7, 11) is 0. The Labute approximate surface area is 92.3 Å². The number of nitrogens with one attached hydrogen (secondary N) is 1. The Morgan fingerprint density at radius 1 is 1.40 bits per heavy atom. The molecule has 0 aliphatic carbocycles. The van der Waals surface area contributed by atoms with Crippen LogP contribution < -0.4 is 10.2 Å². The lowest BCUT2D eigenvalue weighted by Crippen LogP contribution is -2.46. The Bertz CT molecular complexity index is 358. The van der Waals surface area contributed by atoms with Gasteiger partial charge in [0, 0.05) is 18.6 Å². The first-order chi connectivity index (χ1) is 7.09. The van der Waals surface area contributed by atoms with Crippen LogP contribution in [0.15, 0.2) is 18.2 Å². The number of nitrogens with zero attached hydrogens (tertiary/aromatic N) is 1. The second-order valence-corrected chi connectivity index (χ2v) is 4.75. The van der Waals surface area contributed by atoms with Crippen LogP contribution in [0, 0.1) is 6.92 Å². The highest BCUT2D eigenvalue weighted by Gasteiger charge is 2.24. The molecular formula is C13H20N2. The standard InChI is InChI=1S/C13H20N2/c1-9(2)15-11(4)8-14-12-6-5-10(3)7-13(12)15/h5-7,9,11,14H,8H2,1-4H3. The van der Waals surface area contributed by atoms with E-state index in [1.165, 1.54) is 16.9 Å². The third-order valence-electron chi connectivity index (χ3n) is 3.05. The zero-order valence-corrected chi connectivity index (χ0v) is 10.0. The van der Waals surface area contributed by atoms with E-state index in [1.54, 1.807) is 0 Å². The fraction of sp³-hybridized carbons (Fsp3) is 0.538. The molecule has 2 nitrogen and oxygen atoms in total. The van der Waals surface area contributed by atoms with Gasteiger partial charge in [0.25, 0.3) is 0 Å². The van der Waals surface area contributed by atoms with Crippen LogP contribution >= 0.6 is 0 Å². The average Bonchev–Trinajstić information content (AvgIpc) is 2.16. The van der Waals surface area contributed by atoms with E-state index in [9.17, 15) is 0 Å². The van der Waals surface area contributed by atoms with Crippen molar-refractivity contribution in [3.63, 3.8) is 0 Å². The van der Waals surface area contributed by atoms with E-state index < -0.39 is 0 Å². The highest BCUT2D eigenvalue weighted by Crippen LogP contribution is 2.33. The second kappa shape index (κ2) is 3.76. The zero-order valence-electron chi connectivity index (χ0n) is 10.0. The smallest absolute Gasteiger partial charge is 0.0610 e. The van der Waals surface area contributed by atoms with E-state index in [2.05, 4.69) is 56.1 Å². The SMILES string of the molecule is Cc1ccc2c(c1)N(C(C)C)C(C)CN2. The predicted molar refractivity (Wildman–Crippen MR) is 66.7 cm³/mol. The summed E-state index contributed by atoms with van der Waals surface area (Å²) in [4.78, 5) is 2.50. The second-order valence-electron chi connectivity index (χ2n) is 4.75. The van der Waals surface area contributed by atoms with E-state index in [0.717, 1.165) is 6.54 Å². The molecule has 1 aliphatic rings. The number of rotatable bonds is 1. The molecule has 2 heteroatoms. The van der Waals surface area contributed by atoms with Gasteiger partial charge in [-0.15, -0.1) is 0 Å². The monoisotopic (exact) mass is 204 g/mol. The summed E-state index contributed by atoms with van der Waals surface area (Å²) in [5, 5.41) is 3.48. The van der Waals surface area contributed by atoms with Gasteiger partial charge < -0.3 is 10.2 Å². The fourth-order valence-electron chi connectivity index (χ4n) is 2.39. The molecule has 1 aromatic carbocycles. The molecule has 0 bridgehead atoms. The van der Waals surface area contributed by atoms with E-state index in [1.807, 2.05) is 0 Å². The third kappa shape index (κ3) is 1.81. The Hall–Kier alpha value is -1.18. The molecule has 0 saturated heterocycles. The highest BCUT2D eigenvalue weighted by molar-refractivity contribution is 5.73. The number of benzene rings is 1. The maximum absolute atomic E-state index is 3.48. The molecule has 1 atom stereocenters. The maximum Gasteiger partial charge on any atom is 0.0610 e. The van der Waals surface area contributed by atoms with Crippen molar-refractivity contribution in [1.29, 1.82) is 0 Å². The molecule has 0 amide bonds. The first kappa shape index (κ1) is 10.3. The molecule has 2 rings (SSSR count). The first-order valence-corrected chi connectivity index (χ1v) is 5.72. The van der Waals surface area contributed by atoms with Crippen molar-refractivity contribution >= 4 is 11.4 Å². The van der Waals surface area contributed by atoms with Gasteiger partial charge in [-0.2, -0.15) is 0 Å². The van der Waals surface area contributed by atoms with Crippen molar-refractivity contribution < 1.29 is 0 Å². The minimum Gasteiger partial charge on any atom is -0.381 e. The Morgan fingerprint density at radius 3 is 2.80 bits per heavy atom. The Balaban J connectivity index is 2.46. The van der Waals surface area contributed by atoms with Crippen molar-refractivity contribution in [1.82, 2.24) is 0 Å². The van der Waals surface area contributed by atoms with Crippen molar-refractivity contribution in [2.75, 3.05) is 16.8 Å². The van der Waals surface area contributed by atoms with Gasteiger partial charge >= 0.3 is 0 Å². The molecule has 15 heavy (non-hydrogen) atoms. The minimum atomic E-state index is 0.558. The van der Waals surface area contributed by atoms with Crippen LogP contribution in [0.1, 0.15) is 26.3 Å². The van der Waals surface area contributed by atoms with Crippen LogP contribution in [-0.4, -0.2) is 18.6 Å². The molecule has 1 heterocycles. The Morgan fingerprint density at radius 2 is 2.13 bits per heavy atom. The number of hydrogen-bond acceptors (Lipinski definition) is 2. The average molecular weight is 204 g/mol. The van der Waals surface area contributed by atoms with E-state index in [4.69, 9.17) is 0 Å². The lowest BCUT2D eigenvalue weighted by molar-refractivity contribution is 0.580. The largest absolute Gasteiger partial charge is 0.381 e. The van der Waals surface area contributed by atoms with E-state index in [-0.39, 0.29) is 0 Å². The van der Waals surface area contributed by atoms with Crippen molar-refractivity contribution in [2.24, 2.45) is 0 Å². The molecule has 1 aliphatic heterocycles. The molecular weight excluding hydrogens is 184 g/mol. The topological polar surface area (TPSA) is 15.3 Å². The van der Waals surface area contributed by atoms with Gasteiger partial charge in [0.2, 0.25) is 0 Å². The lowest BCUT2D eigenvalue weighted by atomic mass is 10.1. The normalized spacial score (nSPS) is 20.1. The molecule has 0 radical (unpaired) electrons. The van der Waals surface area contributed by atoms with Crippen LogP contribution in [0.2, 0.25) is 0 Å². The number of aryl methyl sites for hydroxylation is 1. The summed E-state index contributed by atoms with van der Waals surface area (Å²) in [5.41, 5.74) is 3.95. The summed E-state index contributed by atoms with van der Waals surface area (Å²) < 4.78 is 0. The molecule has 0 spiro atoms. The molecule has 0 fully saturated rings. The van der Waals surface area contributed by atoms with Gasteiger partial charge in [0.15, 0.2) is 0 Å². The first-order valence-electron chi connectivity index (χ1n) is 5.72. The molecule has 1 N–H and O–H groups in total. The van der Waals surface area contributed by atoms with E-state index in [0.29, 0.717) is 12.1 Å². The van der Waals surface area contributed by atoms with Gasteiger partial charge in [-0.25, -0.2) is 0 Å². The van der Waals surface area contributed by atoms with Gasteiger partial charge in [-0.1, -0.05) is 6.07 Å². The van der Waals surface area contributed by atoms with Gasteiger partial charge in [0.1, 0.15) is 0 Å². The summed E-state index contributed by atoms with van der Waals surface area (Å²) in [5.74, 6) is 0. The number of anilines is 2. The summed E-state index contributed by atoms with van der Waals surface area (Å²) >= 11 is 0. The fourth-order valence-corrected chi connectivity index (χ4v) is 2.39. The van der Waals surface area contributed by atoms with Crippen molar-refractivity contribution in [3.8, 4) is 0 Å². The van der Waals surface area contributed by atoms with Crippen LogP contribution in [0.4, 0.5) is 11.4 Å². The number of hydrogen-bond donors (Lipinski definition) is 1. The summed E-state index contributed by atoms with van der Waals surface area (Å²) in [6, 6.07) is 7.76. The molecule has 0 saturated carbocycles. The van der Waals surface area contributed by atoms with Crippen LogP contribution in [0.3, 0.4) is 0 Å². The van der Waals surface area contributed by atoms with Crippen LogP contribution in [0.25, 0.3) is 0 Å². The summed E-state index contributed by atoms with van der Waals surface area (Å²) in [6.07, 6.45) is 0. The molecule has 82 valence electrons. The molecule has 0 aromatic heterocycles. The van der Waals surface area contributed by atoms with Crippen molar-refractivity contribution in [2.45, 2.75) is 39.8 Å². The van der Waals surface area contributed by atoms with Gasteiger partial charge in [-0.3, -0.25) is 0 Å². The van der Waals surface area contributed by atoms with Gasteiger partial charge in [0.05, 0.1) is 11.4 Å². The highest BCUT2D eigenvalue weighted by atomic mass is 15.2. The lowest BCUT2D eigenvalue weighted by Gasteiger charge is -2.40. The van der Waals surface area contributed by atoms with Crippen molar-refractivity contribution in [3.05, 3.63) is 23.8 Å². The zero-order chi connectivity index (χ0) is 11.0. The van der Waals surface area contributed by atoms with Crippen LogP contribution in [-0.2, 0) is 0 Å². The minimum absolute atomic E-state index is 0.558. The quantitative estimate of drug-likeness (QED) is 0.756. The van der Waals surface area contributed by atoms with E-state index >= 15 is 0 Å². The molecule has 1 unspecified atom stereocenters. The summed E-state index contributed by atoms with van der Waals surface area (Å²) in [6.45, 7) is 9.98. The molecule has 1 aromatic rings. The maximum atomic E-state index is 3.48. The Kier molecular flexibility index (Phi) is 2.59. The predicted octanol–water partition coefficient (Wildman–Crippen LogP) is 3.02. The number of fused-ring (bicyclic) bond motifs is 1.